The molecule has 0 aliphatic carbocycles. The van der Waals surface area contributed by atoms with Crippen molar-refractivity contribution in [2.24, 2.45) is 0 Å². The second kappa shape index (κ2) is 11.0. The van der Waals surface area contributed by atoms with Gasteiger partial charge in [-0.2, -0.15) is 0 Å². The predicted molar refractivity (Wildman–Crippen MR) is 140 cm³/mol. The molecular formula is C28H28Cl2N2O2. The second-order valence-corrected chi connectivity index (χ2v) is 9.15. The standard InChI is InChI=1S/C28H28Cl2N2O2/c1-3-18-5-4-6-23-25(17-32-28(18)23)24(19-8-11-22(34-2)12-9-19)16-27(33)31-14-13-20-7-10-21(29)15-26(20)30/h4-12,15,17,24,32H,3,13-14,16H2,1-2H3,(H,31,33)/t24-/m1/s1. The molecule has 4 aromatic rings. The van der Waals surface area contributed by atoms with Crippen LogP contribution in [0.15, 0.2) is 66.9 Å². The van der Waals surface area contributed by atoms with Crippen molar-refractivity contribution in [1.82, 2.24) is 10.3 Å². The van der Waals surface area contributed by atoms with Crippen molar-refractivity contribution < 1.29 is 9.53 Å². The van der Waals surface area contributed by atoms with E-state index in [0.717, 1.165) is 39.8 Å². The van der Waals surface area contributed by atoms with E-state index in [4.69, 9.17) is 27.9 Å². The summed E-state index contributed by atoms with van der Waals surface area (Å²) in [5.41, 5.74) is 5.55. The molecule has 4 rings (SSSR count). The van der Waals surface area contributed by atoms with Gasteiger partial charge in [-0.25, -0.2) is 0 Å². The van der Waals surface area contributed by atoms with Crippen LogP contribution in [0.3, 0.4) is 0 Å². The highest BCUT2D eigenvalue weighted by Gasteiger charge is 2.22. The molecule has 2 N–H and O–H groups in total. The van der Waals surface area contributed by atoms with Gasteiger partial charge in [-0.3, -0.25) is 4.79 Å². The van der Waals surface area contributed by atoms with Gasteiger partial charge in [0.25, 0.3) is 0 Å². The number of aryl methyl sites for hydroxylation is 1. The van der Waals surface area contributed by atoms with Crippen LogP contribution in [0.2, 0.25) is 10.0 Å². The number of carbonyl (C=O) groups excluding carboxylic acids is 1. The molecule has 1 heterocycles. The summed E-state index contributed by atoms with van der Waals surface area (Å²) in [4.78, 5) is 16.5. The predicted octanol–water partition coefficient (Wildman–Crippen LogP) is 6.93. The van der Waals surface area contributed by atoms with Crippen LogP contribution < -0.4 is 10.1 Å². The first-order valence-corrected chi connectivity index (χ1v) is 12.2. The monoisotopic (exact) mass is 494 g/mol. The van der Waals surface area contributed by atoms with E-state index >= 15 is 0 Å². The SMILES string of the molecule is CCc1cccc2c([C@H](CC(=O)NCCc3ccc(Cl)cc3Cl)c3ccc(OC)cc3)c[nH]c12. The minimum absolute atomic E-state index is 0.00750. The number of methoxy groups -OCH3 is 1. The normalized spacial score (nSPS) is 12.0. The number of amides is 1. The second-order valence-electron chi connectivity index (χ2n) is 8.30. The maximum Gasteiger partial charge on any atom is 0.220 e. The molecule has 0 unspecified atom stereocenters. The molecule has 0 radical (unpaired) electrons. The van der Waals surface area contributed by atoms with Crippen LogP contribution in [0.25, 0.3) is 10.9 Å². The summed E-state index contributed by atoms with van der Waals surface area (Å²) in [6.45, 7) is 2.65. The lowest BCUT2D eigenvalue weighted by atomic mass is 9.87. The van der Waals surface area contributed by atoms with Crippen LogP contribution in [0.4, 0.5) is 0 Å². The molecule has 0 spiro atoms. The number of para-hydroxylation sites is 1. The molecular weight excluding hydrogens is 467 g/mol. The molecule has 1 atom stereocenters. The lowest BCUT2D eigenvalue weighted by Crippen LogP contribution is -2.27. The van der Waals surface area contributed by atoms with Crippen molar-refractivity contribution in [2.75, 3.05) is 13.7 Å². The van der Waals surface area contributed by atoms with Crippen LogP contribution in [-0.2, 0) is 17.6 Å². The zero-order valence-electron chi connectivity index (χ0n) is 19.3. The number of fused-ring (bicyclic) bond motifs is 1. The molecule has 0 saturated heterocycles. The Bertz CT molecular complexity index is 1280. The highest BCUT2D eigenvalue weighted by atomic mass is 35.5. The van der Waals surface area contributed by atoms with E-state index in [1.807, 2.05) is 42.6 Å². The van der Waals surface area contributed by atoms with Crippen LogP contribution in [0.1, 0.15) is 41.5 Å². The molecule has 4 nitrogen and oxygen atoms in total. The van der Waals surface area contributed by atoms with E-state index < -0.39 is 0 Å². The molecule has 6 heteroatoms. The minimum Gasteiger partial charge on any atom is -0.497 e. The maximum atomic E-state index is 13.0. The summed E-state index contributed by atoms with van der Waals surface area (Å²) >= 11 is 12.3. The molecule has 1 amide bonds. The molecule has 0 fully saturated rings. The van der Waals surface area contributed by atoms with Gasteiger partial charge in [-0.15, -0.1) is 0 Å². The van der Waals surface area contributed by atoms with Crippen molar-refractivity contribution in [1.29, 1.82) is 0 Å². The van der Waals surface area contributed by atoms with Crippen molar-refractivity contribution in [2.45, 2.75) is 32.1 Å². The van der Waals surface area contributed by atoms with Crippen molar-refractivity contribution in [3.8, 4) is 5.75 Å². The van der Waals surface area contributed by atoms with Gasteiger partial charge in [0.15, 0.2) is 0 Å². The van der Waals surface area contributed by atoms with Crippen molar-refractivity contribution in [3.05, 3.63) is 99.2 Å². The Kier molecular flexibility index (Phi) is 7.81. The Morgan fingerprint density at radius 1 is 1.06 bits per heavy atom. The topological polar surface area (TPSA) is 54.1 Å². The first kappa shape index (κ1) is 24.2. The Morgan fingerprint density at radius 3 is 2.56 bits per heavy atom. The maximum absolute atomic E-state index is 13.0. The molecule has 176 valence electrons. The highest BCUT2D eigenvalue weighted by molar-refractivity contribution is 6.35. The Morgan fingerprint density at radius 2 is 1.85 bits per heavy atom. The van der Waals surface area contributed by atoms with Crippen molar-refractivity contribution >= 4 is 40.0 Å². The minimum atomic E-state index is -0.0918. The number of benzene rings is 3. The van der Waals surface area contributed by atoms with Gasteiger partial charge >= 0.3 is 0 Å². The van der Waals surface area contributed by atoms with Gasteiger partial charge in [0.1, 0.15) is 5.75 Å². The van der Waals surface area contributed by atoms with E-state index in [-0.39, 0.29) is 11.8 Å². The third-order valence-electron chi connectivity index (χ3n) is 6.23. The first-order valence-electron chi connectivity index (χ1n) is 11.4. The Hall–Kier alpha value is -2.95. The van der Waals surface area contributed by atoms with Crippen LogP contribution in [0, 0.1) is 0 Å². The molecule has 0 saturated carbocycles. The van der Waals surface area contributed by atoms with E-state index in [1.165, 1.54) is 5.56 Å². The zero-order chi connectivity index (χ0) is 24.1. The number of ether oxygens (including phenoxy) is 1. The van der Waals surface area contributed by atoms with Crippen molar-refractivity contribution in [3.63, 3.8) is 0 Å². The van der Waals surface area contributed by atoms with Gasteiger partial charge in [-0.05, 0) is 59.4 Å². The summed E-state index contributed by atoms with van der Waals surface area (Å²) in [5.74, 6) is 0.691. The largest absolute Gasteiger partial charge is 0.497 e. The number of carbonyl (C=O) groups is 1. The number of halogens is 2. The fourth-order valence-electron chi connectivity index (χ4n) is 4.38. The number of H-pyrrole nitrogens is 1. The fourth-order valence-corrected chi connectivity index (χ4v) is 4.89. The quantitative estimate of drug-likeness (QED) is 0.265. The van der Waals surface area contributed by atoms with Gasteiger partial charge in [0, 0.05) is 46.0 Å². The molecule has 1 aromatic heterocycles. The third-order valence-corrected chi connectivity index (χ3v) is 6.82. The number of aromatic amines is 1. The van der Waals surface area contributed by atoms with Crippen LogP contribution in [0.5, 0.6) is 5.75 Å². The smallest absolute Gasteiger partial charge is 0.220 e. The molecule has 0 aliphatic rings. The summed E-state index contributed by atoms with van der Waals surface area (Å²) in [6.07, 6.45) is 3.96. The average molecular weight is 495 g/mol. The lowest BCUT2D eigenvalue weighted by Gasteiger charge is -2.18. The fraction of sp³-hybridized carbons (Fsp3) is 0.250. The number of rotatable bonds is 9. The summed E-state index contributed by atoms with van der Waals surface area (Å²) in [7, 11) is 1.65. The number of nitrogens with one attached hydrogen (secondary N) is 2. The van der Waals surface area contributed by atoms with Gasteiger partial charge < -0.3 is 15.0 Å². The third kappa shape index (κ3) is 5.40. The highest BCUT2D eigenvalue weighted by Crippen LogP contribution is 2.35. The number of hydrogen-bond donors (Lipinski definition) is 2. The van der Waals surface area contributed by atoms with E-state index in [2.05, 4.69) is 35.4 Å². The zero-order valence-corrected chi connectivity index (χ0v) is 20.8. The summed E-state index contributed by atoms with van der Waals surface area (Å²) in [5, 5.41) is 5.43. The van der Waals surface area contributed by atoms with E-state index in [1.54, 1.807) is 13.2 Å². The summed E-state index contributed by atoms with van der Waals surface area (Å²) < 4.78 is 5.33. The number of hydrogen-bond acceptors (Lipinski definition) is 2. The summed E-state index contributed by atoms with van der Waals surface area (Å²) in [6, 6.07) is 19.7. The van der Waals surface area contributed by atoms with Gasteiger partial charge in [0.2, 0.25) is 5.91 Å². The van der Waals surface area contributed by atoms with Gasteiger partial charge in [-0.1, -0.05) is 66.5 Å². The Labute approximate surface area is 210 Å². The van der Waals surface area contributed by atoms with E-state index in [9.17, 15) is 4.79 Å². The average Bonchev–Trinajstić information content (AvgIpc) is 3.28. The lowest BCUT2D eigenvalue weighted by molar-refractivity contribution is -0.121. The Balaban J connectivity index is 1.55. The molecule has 0 bridgehead atoms. The number of aromatic nitrogens is 1. The molecule has 3 aromatic carbocycles. The van der Waals surface area contributed by atoms with Crippen LogP contribution in [-0.4, -0.2) is 24.5 Å². The molecule has 0 aliphatic heterocycles. The molecule has 34 heavy (non-hydrogen) atoms. The van der Waals surface area contributed by atoms with Gasteiger partial charge in [0.05, 0.1) is 7.11 Å². The first-order chi connectivity index (χ1) is 16.5. The van der Waals surface area contributed by atoms with Crippen LogP contribution >= 0.6 is 23.2 Å². The van der Waals surface area contributed by atoms with E-state index in [0.29, 0.717) is 29.4 Å².